The lowest BCUT2D eigenvalue weighted by molar-refractivity contribution is 0.397. The van der Waals surface area contributed by atoms with Crippen LogP contribution in [0.4, 0.5) is 0 Å². The van der Waals surface area contributed by atoms with E-state index in [0.717, 1.165) is 0 Å². The second kappa shape index (κ2) is 3.35. The number of aryl methyl sites for hydroxylation is 1. The Labute approximate surface area is 89.3 Å². The second-order valence-corrected chi connectivity index (χ2v) is 5.20. The van der Waals surface area contributed by atoms with Crippen molar-refractivity contribution in [2.45, 2.75) is 12.0 Å². The summed E-state index contributed by atoms with van der Waals surface area (Å²) in [7, 11) is 1.21. The molecule has 0 radical (unpaired) electrons. The first-order valence-electron chi connectivity index (χ1n) is 3.82. The van der Waals surface area contributed by atoms with E-state index in [0.29, 0.717) is 5.82 Å². The molecule has 80 valence electrons. The van der Waals surface area contributed by atoms with E-state index in [1.54, 1.807) is 6.92 Å². The molecule has 8 heteroatoms. The summed E-state index contributed by atoms with van der Waals surface area (Å²) < 4.78 is 31.5. The first kappa shape index (κ1) is 10.2. The van der Waals surface area contributed by atoms with E-state index in [4.69, 9.17) is 19.6 Å². The van der Waals surface area contributed by atoms with Crippen molar-refractivity contribution in [3.8, 4) is 11.7 Å². The predicted molar refractivity (Wildman–Crippen MR) is 49.8 cm³/mol. The fourth-order valence-corrected chi connectivity index (χ4v) is 1.63. The Morgan fingerprint density at radius 1 is 1.40 bits per heavy atom. The number of aromatic nitrogens is 2. The van der Waals surface area contributed by atoms with Crippen LogP contribution in [0, 0.1) is 6.92 Å². The van der Waals surface area contributed by atoms with Gasteiger partial charge in [0.25, 0.3) is 14.9 Å². The van der Waals surface area contributed by atoms with Gasteiger partial charge in [0.15, 0.2) is 11.6 Å². The highest BCUT2D eigenvalue weighted by Gasteiger charge is 2.18. The van der Waals surface area contributed by atoms with Gasteiger partial charge in [-0.05, 0) is 19.1 Å². The highest BCUT2D eigenvalue weighted by molar-refractivity contribution is 8.13. The molecule has 2 heterocycles. The topological polar surface area (TPSA) is 86.2 Å². The molecule has 0 aliphatic rings. The summed E-state index contributed by atoms with van der Waals surface area (Å²) in [6.07, 6.45) is 0. The molecule has 0 N–H and O–H groups in total. The summed E-state index contributed by atoms with van der Waals surface area (Å²) in [6, 6.07) is 2.61. The van der Waals surface area contributed by atoms with Crippen molar-refractivity contribution in [3.05, 3.63) is 18.0 Å². The molecule has 0 saturated carbocycles. The molecule has 0 saturated heterocycles. The fourth-order valence-electron chi connectivity index (χ4n) is 0.963. The number of halogens is 1. The molecule has 6 nitrogen and oxygen atoms in total. The van der Waals surface area contributed by atoms with Gasteiger partial charge in [-0.25, -0.2) is 8.42 Å². The Morgan fingerprint density at radius 2 is 2.13 bits per heavy atom. The van der Waals surface area contributed by atoms with Gasteiger partial charge in [-0.3, -0.25) is 0 Å². The van der Waals surface area contributed by atoms with E-state index in [1.165, 1.54) is 12.1 Å². The van der Waals surface area contributed by atoms with Crippen LogP contribution in [0.25, 0.3) is 11.7 Å². The van der Waals surface area contributed by atoms with Crippen LogP contribution in [0.2, 0.25) is 0 Å². The lowest BCUT2D eigenvalue weighted by Crippen LogP contribution is -1.85. The van der Waals surface area contributed by atoms with Crippen molar-refractivity contribution in [1.82, 2.24) is 10.1 Å². The first-order valence-corrected chi connectivity index (χ1v) is 6.13. The van der Waals surface area contributed by atoms with Crippen molar-refractivity contribution in [1.29, 1.82) is 0 Å². The van der Waals surface area contributed by atoms with E-state index in [2.05, 4.69) is 10.1 Å². The van der Waals surface area contributed by atoms with Crippen LogP contribution in [0.3, 0.4) is 0 Å². The Bertz CT molecular complexity index is 586. The molecular weight excluding hydrogens is 244 g/mol. The molecule has 0 unspecified atom stereocenters. The molecule has 15 heavy (non-hydrogen) atoms. The van der Waals surface area contributed by atoms with Crippen LogP contribution in [-0.2, 0) is 9.05 Å². The van der Waals surface area contributed by atoms with E-state index in [-0.39, 0.29) is 16.7 Å². The molecule has 2 rings (SSSR count). The number of hydrogen-bond donors (Lipinski definition) is 0. The molecule has 0 aromatic carbocycles. The second-order valence-electron chi connectivity index (χ2n) is 2.70. The Kier molecular flexibility index (Phi) is 2.28. The van der Waals surface area contributed by atoms with Crippen molar-refractivity contribution in [2.75, 3.05) is 0 Å². The highest BCUT2D eigenvalue weighted by atomic mass is 35.7. The van der Waals surface area contributed by atoms with Crippen molar-refractivity contribution < 1.29 is 17.4 Å². The smallest absolute Gasteiger partial charge is 0.294 e. The van der Waals surface area contributed by atoms with Gasteiger partial charge in [0, 0.05) is 10.7 Å². The SMILES string of the molecule is Cc1noc(-c2ccc(S(=O)(=O)Cl)o2)n1. The fraction of sp³-hybridized carbons (Fsp3) is 0.143. The highest BCUT2D eigenvalue weighted by Crippen LogP contribution is 2.24. The predicted octanol–water partition coefficient (Wildman–Crippen LogP) is 1.57. The molecule has 0 spiro atoms. The van der Waals surface area contributed by atoms with Crippen LogP contribution < -0.4 is 0 Å². The average molecular weight is 249 g/mol. The van der Waals surface area contributed by atoms with Gasteiger partial charge in [-0.1, -0.05) is 5.16 Å². The van der Waals surface area contributed by atoms with Crippen LogP contribution >= 0.6 is 10.7 Å². The van der Waals surface area contributed by atoms with Gasteiger partial charge >= 0.3 is 0 Å². The van der Waals surface area contributed by atoms with Crippen LogP contribution in [0.5, 0.6) is 0 Å². The molecule has 0 bridgehead atoms. The molecule has 0 fully saturated rings. The Morgan fingerprint density at radius 3 is 2.60 bits per heavy atom. The lowest BCUT2D eigenvalue weighted by Gasteiger charge is -1.87. The Hall–Kier alpha value is -1.34. The third-order valence-corrected chi connectivity index (χ3v) is 2.72. The van der Waals surface area contributed by atoms with E-state index < -0.39 is 9.05 Å². The average Bonchev–Trinajstić information content (AvgIpc) is 2.69. The monoisotopic (exact) mass is 248 g/mol. The summed E-state index contributed by atoms with van der Waals surface area (Å²) in [5.74, 6) is 0.700. The Balaban J connectivity index is 2.44. The number of hydrogen-bond acceptors (Lipinski definition) is 6. The zero-order chi connectivity index (χ0) is 11.1. The normalized spacial score (nSPS) is 11.9. The van der Waals surface area contributed by atoms with E-state index in [9.17, 15) is 8.42 Å². The third kappa shape index (κ3) is 2.02. The molecule has 0 aliphatic heterocycles. The van der Waals surface area contributed by atoms with Gasteiger partial charge in [-0.15, -0.1) is 0 Å². The largest absolute Gasteiger partial charge is 0.438 e. The summed E-state index contributed by atoms with van der Waals surface area (Å²) >= 11 is 0. The standard InChI is InChI=1S/C7H5ClN2O4S/c1-4-9-7(14-10-4)5-2-3-6(13-5)15(8,11)12/h2-3H,1H3. The molecule has 0 aliphatic carbocycles. The van der Waals surface area contributed by atoms with Gasteiger partial charge in [0.05, 0.1) is 0 Å². The zero-order valence-corrected chi connectivity index (χ0v) is 9.04. The molecule has 2 aromatic rings. The minimum absolute atomic E-state index is 0.110. The van der Waals surface area contributed by atoms with Crippen molar-refractivity contribution >= 4 is 19.7 Å². The zero-order valence-electron chi connectivity index (χ0n) is 7.47. The van der Waals surface area contributed by atoms with Crippen molar-refractivity contribution in [3.63, 3.8) is 0 Å². The number of nitrogens with zero attached hydrogens (tertiary/aromatic N) is 2. The van der Waals surface area contributed by atoms with Gasteiger partial charge < -0.3 is 8.94 Å². The minimum atomic E-state index is -3.87. The summed E-state index contributed by atoms with van der Waals surface area (Å²) in [5, 5.41) is 3.18. The number of rotatable bonds is 2. The molecule has 2 aromatic heterocycles. The maximum atomic E-state index is 10.9. The summed E-state index contributed by atoms with van der Waals surface area (Å²) in [4.78, 5) is 3.87. The molecule has 0 atom stereocenters. The lowest BCUT2D eigenvalue weighted by atomic mass is 10.4. The number of furan rings is 1. The van der Waals surface area contributed by atoms with Crippen LogP contribution in [-0.4, -0.2) is 18.6 Å². The van der Waals surface area contributed by atoms with Crippen LogP contribution in [0.1, 0.15) is 5.82 Å². The van der Waals surface area contributed by atoms with E-state index >= 15 is 0 Å². The maximum Gasteiger partial charge on any atom is 0.294 e. The van der Waals surface area contributed by atoms with Gasteiger partial charge in [0.1, 0.15) is 0 Å². The van der Waals surface area contributed by atoms with Gasteiger partial charge in [-0.2, -0.15) is 4.98 Å². The first-order chi connectivity index (χ1) is 6.97. The molecule has 0 amide bonds. The van der Waals surface area contributed by atoms with Crippen LogP contribution in [0.15, 0.2) is 26.2 Å². The maximum absolute atomic E-state index is 10.9. The third-order valence-electron chi connectivity index (χ3n) is 1.56. The van der Waals surface area contributed by atoms with Gasteiger partial charge in [0.2, 0.25) is 5.09 Å². The van der Waals surface area contributed by atoms with Crippen molar-refractivity contribution in [2.24, 2.45) is 0 Å². The molecular formula is C7H5ClN2O4S. The quantitative estimate of drug-likeness (QED) is 0.750. The summed E-state index contributed by atoms with van der Waals surface area (Å²) in [6.45, 7) is 1.63. The minimum Gasteiger partial charge on any atom is -0.438 e. The van der Waals surface area contributed by atoms with E-state index in [1.807, 2.05) is 0 Å². The summed E-state index contributed by atoms with van der Waals surface area (Å²) in [5.41, 5.74) is 0.